The highest BCUT2D eigenvalue weighted by molar-refractivity contribution is 7.89. The first-order chi connectivity index (χ1) is 8.80. The largest absolute Gasteiger partial charge is 0.396 e. The van der Waals surface area contributed by atoms with Crippen LogP contribution in [-0.4, -0.2) is 37.0 Å². The molecule has 1 rings (SSSR count). The molecule has 0 aromatic heterocycles. The third-order valence-corrected chi connectivity index (χ3v) is 4.70. The van der Waals surface area contributed by atoms with Crippen molar-refractivity contribution in [3.63, 3.8) is 0 Å². The SMILES string of the molecule is CC(C)N(CCCO)S(=O)(=O)c1ccc(F)cc1F. The fourth-order valence-corrected chi connectivity index (χ4v) is 3.42. The van der Waals surface area contributed by atoms with Gasteiger partial charge >= 0.3 is 0 Å². The summed E-state index contributed by atoms with van der Waals surface area (Å²) in [6.45, 7) is 3.21. The summed E-state index contributed by atoms with van der Waals surface area (Å²) in [6, 6.07) is 1.97. The summed E-state index contributed by atoms with van der Waals surface area (Å²) in [5.74, 6) is -1.95. The number of aliphatic hydroxyl groups excluding tert-OH is 1. The van der Waals surface area contributed by atoms with Crippen LogP contribution in [0.4, 0.5) is 8.78 Å². The van der Waals surface area contributed by atoms with Crippen molar-refractivity contribution in [2.45, 2.75) is 31.2 Å². The fraction of sp³-hybridized carbons (Fsp3) is 0.500. The number of nitrogens with zero attached hydrogens (tertiary/aromatic N) is 1. The molecule has 0 spiro atoms. The normalized spacial score (nSPS) is 12.4. The predicted octanol–water partition coefficient (Wildman–Crippen LogP) is 1.75. The summed E-state index contributed by atoms with van der Waals surface area (Å²) in [6.07, 6.45) is 0.250. The Morgan fingerprint density at radius 2 is 1.95 bits per heavy atom. The van der Waals surface area contributed by atoms with Gasteiger partial charge in [-0.05, 0) is 32.4 Å². The van der Waals surface area contributed by atoms with Crippen LogP contribution in [0.3, 0.4) is 0 Å². The van der Waals surface area contributed by atoms with Gasteiger partial charge in [-0.2, -0.15) is 4.31 Å². The molecule has 0 unspecified atom stereocenters. The zero-order valence-corrected chi connectivity index (χ0v) is 11.6. The number of benzene rings is 1. The average Bonchev–Trinajstić information content (AvgIpc) is 2.27. The van der Waals surface area contributed by atoms with Gasteiger partial charge in [-0.25, -0.2) is 17.2 Å². The molecule has 0 fully saturated rings. The zero-order valence-electron chi connectivity index (χ0n) is 10.8. The van der Waals surface area contributed by atoms with Crippen molar-refractivity contribution in [2.24, 2.45) is 0 Å². The van der Waals surface area contributed by atoms with Crippen molar-refractivity contribution in [1.29, 1.82) is 0 Å². The molecule has 1 N–H and O–H groups in total. The Hall–Kier alpha value is -1.05. The van der Waals surface area contributed by atoms with E-state index < -0.39 is 26.6 Å². The third kappa shape index (κ3) is 3.71. The number of sulfonamides is 1. The standard InChI is InChI=1S/C12H17F2NO3S/c1-9(2)15(6-3-7-16)19(17,18)12-5-4-10(13)8-11(12)14/h4-5,8-9,16H,3,6-7H2,1-2H3. The number of hydrogen-bond acceptors (Lipinski definition) is 3. The molecule has 7 heteroatoms. The van der Waals surface area contributed by atoms with Crippen molar-refractivity contribution >= 4 is 10.0 Å². The first-order valence-corrected chi connectivity index (χ1v) is 7.32. The topological polar surface area (TPSA) is 57.6 Å². The van der Waals surface area contributed by atoms with Crippen LogP contribution < -0.4 is 0 Å². The van der Waals surface area contributed by atoms with E-state index in [9.17, 15) is 17.2 Å². The van der Waals surface area contributed by atoms with E-state index >= 15 is 0 Å². The molecule has 0 aliphatic carbocycles. The van der Waals surface area contributed by atoms with Gasteiger partial charge in [0, 0.05) is 25.3 Å². The first kappa shape index (κ1) is 16.0. The van der Waals surface area contributed by atoms with Crippen molar-refractivity contribution < 1.29 is 22.3 Å². The quantitative estimate of drug-likeness (QED) is 0.869. The van der Waals surface area contributed by atoms with E-state index in [1.165, 1.54) is 0 Å². The van der Waals surface area contributed by atoms with Gasteiger partial charge in [0.1, 0.15) is 16.5 Å². The van der Waals surface area contributed by atoms with E-state index in [0.717, 1.165) is 16.4 Å². The highest BCUT2D eigenvalue weighted by atomic mass is 32.2. The average molecular weight is 293 g/mol. The van der Waals surface area contributed by atoms with Gasteiger partial charge in [0.2, 0.25) is 10.0 Å². The number of aliphatic hydroxyl groups is 1. The monoisotopic (exact) mass is 293 g/mol. The maximum atomic E-state index is 13.6. The van der Waals surface area contributed by atoms with Gasteiger partial charge in [0.25, 0.3) is 0 Å². The van der Waals surface area contributed by atoms with Gasteiger partial charge in [-0.1, -0.05) is 0 Å². The molecule has 0 aliphatic rings. The summed E-state index contributed by atoms with van der Waals surface area (Å²) in [5, 5.41) is 8.78. The third-order valence-electron chi connectivity index (χ3n) is 2.59. The van der Waals surface area contributed by atoms with Crippen molar-refractivity contribution in [3.8, 4) is 0 Å². The molecule has 0 radical (unpaired) electrons. The number of hydrogen-bond donors (Lipinski definition) is 1. The lowest BCUT2D eigenvalue weighted by molar-refractivity contribution is 0.258. The number of halogens is 2. The van der Waals surface area contributed by atoms with Crippen LogP contribution in [0.5, 0.6) is 0 Å². The second-order valence-electron chi connectivity index (χ2n) is 4.36. The summed E-state index contributed by atoms with van der Waals surface area (Å²) in [7, 11) is -4.04. The molecule has 0 saturated carbocycles. The van der Waals surface area contributed by atoms with E-state index in [1.807, 2.05) is 0 Å². The van der Waals surface area contributed by atoms with Gasteiger partial charge in [0.15, 0.2) is 0 Å². The van der Waals surface area contributed by atoms with Gasteiger partial charge in [-0.15, -0.1) is 0 Å². The molecule has 108 valence electrons. The molecule has 0 atom stereocenters. The zero-order chi connectivity index (χ0) is 14.6. The summed E-state index contributed by atoms with van der Waals surface area (Å²) in [4.78, 5) is -0.555. The lowest BCUT2D eigenvalue weighted by atomic mass is 10.3. The lowest BCUT2D eigenvalue weighted by Crippen LogP contribution is -2.38. The molecule has 4 nitrogen and oxygen atoms in total. The minimum absolute atomic E-state index is 0.0767. The number of rotatable bonds is 6. The van der Waals surface area contributed by atoms with Crippen LogP contribution >= 0.6 is 0 Å². The van der Waals surface area contributed by atoms with Gasteiger partial charge in [0.05, 0.1) is 0 Å². The highest BCUT2D eigenvalue weighted by Crippen LogP contribution is 2.22. The molecular weight excluding hydrogens is 276 g/mol. The van der Waals surface area contributed by atoms with Gasteiger partial charge < -0.3 is 5.11 Å². The van der Waals surface area contributed by atoms with E-state index in [-0.39, 0.29) is 25.6 Å². The molecule has 0 aliphatic heterocycles. The van der Waals surface area contributed by atoms with Crippen LogP contribution in [0, 0.1) is 11.6 Å². The second kappa shape index (κ2) is 6.40. The van der Waals surface area contributed by atoms with Crippen molar-refractivity contribution in [1.82, 2.24) is 4.31 Å². The second-order valence-corrected chi connectivity index (χ2v) is 6.22. The van der Waals surface area contributed by atoms with Gasteiger partial charge in [-0.3, -0.25) is 0 Å². The minimum atomic E-state index is -4.04. The molecule has 0 saturated heterocycles. The highest BCUT2D eigenvalue weighted by Gasteiger charge is 2.29. The Morgan fingerprint density at radius 3 is 2.42 bits per heavy atom. The summed E-state index contributed by atoms with van der Waals surface area (Å²) < 4.78 is 52.1. The molecule has 0 bridgehead atoms. The maximum absolute atomic E-state index is 13.6. The Labute approximate surface area is 111 Å². The van der Waals surface area contributed by atoms with Crippen molar-refractivity contribution in [2.75, 3.05) is 13.2 Å². The van der Waals surface area contributed by atoms with Crippen LogP contribution in [-0.2, 0) is 10.0 Å². The molecule has 1 aromatic rings. The Bertz CT molecular complexity index is 532. The van der Waals surface area contributed by atoms with E-state index in [4.69, 9.17) is 5.11 Å². The summed E-state index contributed by atoms with van der Waals surface area (Å²) in [5.41, 5.74) is 0. The molecule has 0 heterocycles. The molecular formula is C12H17F2NO3S. The smallest absolute Gasteiger partial charge is 0.246 e. The molecule has 1 aromatic carbocycles. The van der Waals surface area contributed by atoms with Crippen molar-refractivity contribution in [3.05, 3.63) is 29.8 Å². The fourth-order valence-electron chi connectivity index (χ4n) is 1.69. The Balaban J connectivity index is 3.19. The van der Waals surface area contributed by atoms with Crippen LogP contribution in [0.25, 0.3) is 0 Å². The minimum Gasteiger partial charge on any atom is -0.396 e. The maximum Gasteiger partial charge on any atom is 0.246 e. The van der Waals surface area contributed by atoms with Crippen LogP contribution in [0.2, 0.25) is 0 Å². The lowest BCUT2D eigenvalue weighted by Gasteiger charge is -2.25. The van der Waals surface area contributed by atoms with E-state index in [0.29, 0.717) is 6.07 Å². The van der Waals surface area contributed by atoms with E-state index in [2.05, 4.69) is 0 Å². The first-order valence-electron chi connectivity index (χ1n) is 5.88. The van der Waals surface area contributed by atoms with E-state index in [1.54, 1.807) is 13.8 Å². The Morgan fingerprint density at radius 1 is 1.32 bits per heavy atom. The van der Waals surface area contributed by atoms with Crippen LogP contribution in [0.1, 0.15) is 20.3 Å². The molecule has 19 heavy (non-hydrogen) atoms. The molecule has 0 amide bonds. The predicted molar refractivity (Wildman–Crippen MR) is 67.1 cm³/mol. The Kier molecular flexibility index (Phi) is 5.39. The summed E-state index contributed by atoms with van der Waals surface area (Å²) >= 11 is 0. The van der Waals surface area contributed by atoms with Crippen LogP contribution in [0.15, 0.2) is 23.1 Å².